The lowest BCUT2D eigenvalue weighted by Crippen LogP contribution is -2.21. The highest BCUT2D eigenvalue weighted by Gasteiger charge is 2.10. The van der Waals surface area contributed by atoms with Crippen LogP contribution in [0.1, 0.15) is 12.2 Å². The van der Waals surface area contributed by atoms with E-state index in [1.807, 2.05) is 31.3 Å². The summed E-state index contributed by atoms with van der Waals surface area (Å²) in [5.41, 5.74) is -0.148. The fourth-order valence-electron chi connectivity index (χ4n) is 2.10. The number of aromatic nitrogens is 5. The first-order chi connectivity index (χ1) is 10.1. The molecule has 0 saturated carbocycles. The third-order valence-corrected chi connectivity index (χ3v) is 4.34. The summed E-state index contributed by atoms with van der Waals surface area (Å²) in [6, 6.07) is 1.41. The van der Waals surface area contributed by atoms with Crippen LogP contribution >= 0.6 is 11.3 Å². The Morgan fingerprint density at radius 1 is 1.33 bits per heavy atom. The zero-order valence-corrected chi connectivity index (χ0v) is 12.7. The maximum absolute atomic E-state index is 11.7. The van der Waals surface area contributed by atoms with Crippen molar-refractivity contribution in [3.8, 4) is 0 Å². The number of hydrogen-bond donors (Lipinski definition) is 0. The summed E-state index contributed by atoms with van der Waals surface area (Å²) in [6.45, 7) is 3.76. The molecule has 3 heterocycles. The fraction of sp³-hybridized carbons (Fsp3) is 0.385. The standard InChI is InChI=1S/C13H16N6OS/c1-10-14-6-9-18(10)8-3-7-17(2)13-16-19-11(20)4-5-15-12(19)21-13/h4-6,9H,3,7-8H2,1-2H3. The predicted molar refractivity (Wildman–Crippen MR) is 82.0 cm³/mol. The molecule has 0 radical (unpaired) electrons. The van der Waals surface area contributed by atoms with E-state index in [0.717, 1.165) is 30.5 Å². The average Bonchev–Trinajstić information content (AvgIpc) is 3.06. The van der Waals surface area contributed by atoms with E-state index in [0.29, 0.717) is 4.96 Å². The Labute approximate surface area is 125 Å². The third-order valence-electron chi connectivity index (χ3n) is 3.30. The molecule has 0 amide bonds. The van der Waals surface area contributed by atoms with E-state index in [1.54, 1.807) is 0 Å². The average molecular weight is 304 g/mol. The molecule has 0 aromatic carbocycles. The Morgan fingerprint density at radius 2 is 2.19 bits per heavy atom. The molecule has 3 aromatic rings. The van der Waals surface area contributed by atoms with Gasteiger partial charge in [-0.05, 0) is 13.3 Å². The van der Waals surface area contributed by atoms with Crippen molar-refractivity contribution in [2.24, 2.45) is 0 Å². The molecule has 0 saturated heterocycles. The zero-order valence-electron chi connectivity index (χ0n) is 11.9. The van der Waals surface area contributed by atoms with Gasteiger partial charge in [0.05, 0.1) is 0 Å². The van der Waals surface area contributed by atoms with Crippen LogP contribution in [0.4, 0.5) is 5.13 Å². The van der Waals surface area contributed by atoms with Gasteiger partial charge in [-0.1, -0.05) is 11.3 Å². The van der Waals surface area contributed by atoms with Crippen molar-refractivity contribution in [3.05, 3.63) is 40.8 Å². The Morgan fingerprint density at radius 3 is 2.90 bits per heavy atom. The van der Waals surface area contributed by atoms with Crippen molar-refractivity contribution in [3.63, 3.8) is 0 Å². The number of fused-ring (bicyclic) bond motifs is 1. The highest BCUT2D eigenvalue weighted by Crippen LogP contribution is 2.19. The molecule has 21 heavy (non-hydrogen) atoms. The molecular weight excluding hydrogens is 288 g/mol. The molecule has 3 aromatic heterocycles. The fourth-order valence-corrected chi connectivity index (χ4v) is 2.97. The van der Waals surface area contributed by atoms with Gasteiger partial charge < -0.3 is 9.47 Å². The van der Waals surface area contributed by atoms with E-state index in [9.17, 15) is 4.79 Å². The molecule has 3 rings (SSSR count). The maximum atomic E-state index is 11.7. The van der Waals surface area contributed by atoms with Crippen molar-refractivity contribution in [2.75, 3.05) is 18.5 Å². The second-order valence-electron chi connectivity index (χ2n) is 4.81. The molecule has 0 aliphatic rings. The Hall–Kier alpha value is -2.22. The van der Waals surface area contributed by atoms with Crippen molar-refractivity contribution in [1.82, 2.24) is 24.1 Å². The van der Waals surface area contributed by atoms with E-state index in [1.165, 1.54) is 28.1 Å². The van der Waals surface area contributed by atoms with Gasteiger partial charge in [0.1, 0.15) is 5.82 Å². The summed E-state index contributed by atoms with van der Waals surface area (Å²) < 4.78 is 3.47. The van der Waals surface area contributed by atoms with E-state index < -0.39 is 0 Å². The van der Waals surface area contributed by atoms with Crippen molar-refractivity contribution in [1.29, 1.82) is 0 Å². The van der Waals surface area contributed by atoms with Gasteiger partial charge in [-0.25, -0.2) is 9.97 Å². The van der Waals surface area contributed by atoms with Crippen LogP contribution in [-0.2, 0) is 6.54 Å². The second-order valence-corrected chi connectivity index (χ2v) is 5.74. The highest BCUT2D eigenvalue weighted by molar-refractivity contribution is 7.20. The van der Waals surface area contributed by atoms with Crippen LogP contribution in [0.2, 0.25) is 0 Å². The minimum Gasteiger partial charge on any atom is -0.350 e. The second kappa shape index (κ2) is 5.65. The van der Waals surface area contributed by atoms with Gasteiger partial charge in [0.25, 0.3) is 5.56 Å². The normalized spacial score (nSPS) is 11.1. The van der Waals surface area contributed by atoms with Gasteiger partial charge in [0.2, 0.25) is 10.1 Å². The van der Waals surface area contributed by atoms with Crippen LogP contribution in [0.25, 0.3) is 4.96 Å². The number of imidazole rings is 1. The number of hydrogen-bond acceptors (Lipinski definition) is 6. The van der Waals surface area contributed by atoms with Gasteiger partial charge in [-0.15, -0.1) is 5.10 Å². The minimum absolute atomic E-state index is 0.148. The lowest BCUT2D eigenvalue weighted by molar-refractivity contribution is 0.621. The first kappa shape index (κ1) is 13.7. The van der Waals surface area contributed by atoms with Gasteiger partial charge in [-0.3, -0.25) is 4.79 Å². The summed E-state index contributed by atoms with van der Waals surface area (Å²) in [7, 11) is 1.98. The quantitative estimate of drug-likeness (QED) is 0.708. The first-order valence-corrected chi connectivity index (χ1v) is 7.50. The van der Waals surface area contributed by atoms with E-state index in [4.69, 9.17) is 0 Å². The SMILES string of the molecule is Cc1nccn1CCCN(C)c1nn2c(=O)ccnc2s1. The number of anilines is 1. The minimum atomic E-state index is -0.148. The largest absolute Gasteiger partial charge is 0.350 e. The van der Waals surface area contributed by atoms with E-state index in [2.05, 4.69) is 19.6 Å². The summed E-state index contributed by atoms with van der Waals surface area (Å²) in [4.78, 5) is 22.7. The molecule has 0 N–H and O–H groups in total. The van der Waals surface area contributed by atoms with Gasteiger partial charge in [0, 0.05) is 44.8 Å². The van der Waals surface area contributed by atoms with Crippen LogP contribution in [0.3, 0.4) is 0 Å². The first-order valence-electron chi connectivity index (χ1n) is 6.69. The van der Waals surface area contributed by atoms with Gasteiger partial charge in [0.15, 0.2) is 0 Å². The molecule has 0 spiro atoms. The molecule has 0 unspecified atom stereocenters. The molecule has 0 fully saturated rings. The molecule has 8 heteroatoms. The van der Waals surface area contributed by atoms with E-state index >= 15 is 0 Å². The van der Waals surface area contributed by atoms with E-state index in [-0.39, 0.29) is 5.56 Å². The highest BCUT2D eigenvalue weighted by atomic mass is 32.1. The molecule has 0 bridgehead atoms. The Balaban J connectivity index is 1.67. The molecule has 7 nitrogen and oxygen atoms in total. The Bertz CT molecular complexity index is 804. The Kier molecular flexibility index (Phi) is 3.70. The molecular formula is C13H16N6OS. The van der Waals surface area contributed by atoms with Crippen LogP contribution < -0.4 is 10.5 Å². The molecule has 0 atom stereocenters. The summed E-state index contributed by atoms with van der Waals surface area (Å²) in [5.74, 6) is 1.02. The smallest absolute Gasteiger partial charge is 0.275 e. The van der Waals surface area contributed by atoms with Crippen molar-refractivity contribution < 1.29 is 0 Å². The van der Waals surface area contributed by atoms with Gasteiger partial charge >= 0.3 is 0 Å². The van der Waals surface area contributed by atoms with Crippen molar-refractivity contribution in [2.45, 2.75) is 19.9 Å². The van der Waals surface area contributed by atoms with Crippen LogP contribution in [0, 0.1) is 6.92 Å². The third kappa shape index (κ3) is 2.80. The molecule has 0 aliphatic heterocycles. The summed E-state index contributed by atoms with van der Waals surface area (Å²) >= 11 is 1.42. The molecule has 0 aliphatic carbocycles. The summed E-state index contributed by atoms with van der Waals surface area (Å²) in [6.07, 6.45) is 6.29. The predicted octanol–water partition coefficient (Wildman–Crippen LogP) is 1.18. The van der Waals surface area contributed by atoms with Crippen molar-refractivity contribution >= 4 is 21.4 Å². The van der Waals surface area contributed by atoms with Crippen LogP contribution in [-0.4, -0.2) is 37.7 Å². The van der Waals surface area contributed by atoms with Gasteiger partial charge in [-0.2, -0.15) is 4.52 Å². The number of aryl methyl sites for hydroxylation is 2. The molecule has 110 valence electrons. The van der Waals surface area contributed by atoms with Crippen LogP contribution in [0.15, 0.2) is 29.5 Å². The monoisotopic (exact) mass is 304 g/mol. The van der Waals surface area contributed by atoms with Crippen LogP contribution in [0.5, 0.6) is 0 Å². The number of rotatable bonds is 5. The lowest BCUT2D eigenvalue weighted by atomic mass is 10.4. The summed E-state index contributed by atoms with van der Waals surface area (Å²) in [5, 5.41) is 5.11. The topological polar surface area (TPSA) is 68.3 Å². The zero-order chi connectivity index (χ0) is 14.8. The maximum Gasteiger partial charge on any atom is 0.275 e. The number of nitrogens with zero attached hydrogens (tertiary/aromatic N) is 6. The lowest BCUT2D eigenvalue weighted by Gasteiger charge is -2.15.